The van der Waals surface area contributed by atoms with E-state index in [4.69, 9.17) is 0 Å². The summed E-state index contributed by atoms with van der Waals surface area (Å²) in [5.41, 5.74) is 1.43. The number of carbonyl (C=O) groups is 1. The number of nitriles is 1. The van der Waals surface area contributed by atoms with Crippen molar-refractivity contribution in [1.82, 2.24) is 8.87 Å². The minimum Gasteiger partial charge on any atom is -0.382 e. The highest BCUT2D eigenvalue weighted by Crippen LogP contribution is 2.27. The van der Waals surface area contributed by atoms with Crippen molar-refractivity contribution < 1.29 is 13.2 Å². The Morgan fingerprint density at radius 2 is 1.75 bits per heavy atom. The van der Waals surface area contributed by atoms with E-state index in [0.717, 1.165) is 9.54 Å². The second-order valence-corrected chi connectivity index (χ2v) is 8.44. The van der Waals surface area contributed by atoms with Crippen molar-refractivity contribution in [2.75, 3.05) is 14.1 Å². The average Bonchev–Trinajstić information content (AvgIpc) is 3.06. The SMILES string of the molecule is Cc1ccc(S(=O)(=O)n2cc(C(=O)/C(C#N)=C\N(C)C)c3ccccc32)cc1. The number of aryl methyl sites for hydroxylation is 1. The van der Waals surface area contributed by atoms with Crippen LogP contribution in [0, 0.1) is 18.3 Å². The molecule has 0 aliphatic carbocycles. The maximum Gasteiger partial charge on any atom is 0.268 e. The number of Topliss-reactive ketones (excluding diaryl/α,β-unsaturated/α-hetero) is 1. The van der Waals surface area contributed by atoms with Gasteiger partial charge in [-0.2, -0.15) is 5.26 Å². The van der Waals surface area contributed by atoms with Crippen LogP contribution in [0.4, 0.5) is 0 Å². The summed E-state index contributed by atoms with van der Waals surface area (Å²) in [5, 5.41) is 9.83. The third-order valence-corrected chi connectivity index (χ3v) is 5.94. The van der Waals surface area contributed by atoms with E-state index in [0.29, 0.717) is 10.9 Å². The summed E-state index contributed by atoms with van der Waals surface area (Å²) < 4.78 is 27.5. The van der Waals surface area contributed by atoms with Crippen molar-refractivity contribution in [2.45, 2.75) is 11.8 Å². The lowest BCUT2D eigenvalue weighted by Gasteiger charge is -2.07. The van der Waals surface area contributed by atoms with Gasteiger partial charge in [-0.25, -0.2) is 12.4 Å². The molecule has 1 aromatic heterocycles. The highest BCUT2D eigenvalue weighted by atomic mass is 32.2. The first kappa shape index (κ1) is 19.4. The van der Waals surface area contributed by atoms with Crippen LogP contribution in [0.25, 0.3) is 10.9 Å². The third-order valence-electron chi connectivity index (χ3n) is 4.25. The van der Waals surface area contributed by atoms with E-state index in [9.17, 15) is 18.5 Å². The fourth-order valence-corrected chi connectivity index (χ4v) is 4.26. The summed E-state index contributed by atoms with van der Waals surface area (Å²) in [6, 6.07) is 15.2. The van der Waals surface area contributed by atoms with Crippen LogP contribution in [-0.2, 0) is 10.0 Å². The summed E-state index contributed by atoms with van der Waals surface area (Å²) >= 11 is 0. The van der Waals surface area contributed by atoms with Gasteiger partial charge < -0.3 is 4.90 Å². The number of fused-ring (bicyclic) bond motifs is 1. The van der Waals surface area contributed by atoms with Crippen LogP contribution in [0.15, 0.2) is 71.4 Å². The topological polar surface area (TPSA) is 83.2 Å². The van der Waals surface area contributed by atoms with Crippen molar-refractivity contribution in [3.63, 3.8) is 0 Å². The molecule has 0 saturated heterocycles. The molecule has 28 heavy (non-hydrogen) atoms. The van der Waals surface area contributed by atoms with Gasteiger partial charge in [0, 0.05) is 31.9 Å². The predicted octanol–water partition coefficient (Wildman–Crippen LogP) is 3.34. The lowest BCUT2D eigenvalue weighted by molar-refractivity contribution is 0.103. The summed E-state index contributed by atoms with van der Waals surface area (Å²) in [4.78, 5) is 14.6. The van der Waals surface area contributed by atoms with E-state index < -0.39 is 15.8 Å². The van der Waals surface area contributed by atoms with Crippen LogP contribution >= 0.6 is 0 Å². The highest BCUT2D eigenvalue weighted by Gasteiger charge is 2.25. The van der Waals surface area contributed by atoms with Crippen molar-refractivity contribution in [3.05, 3.63) is 77.6 Å². The number of ketones is 1. The second-order valence-electron chi connectivity index (χ2n) is 6.62. The average molecular weight is 393 g/mol. The van der Waals surface area contributed by atoms with Gasteiger partial charge >= 0.3 is 0 Å². The Bertz CT molecular complexity index is 1230. The molecule has 0 saturated carbocycles. The molecule has 6 nitrogen and oxygen atoms in total. The number of hydrogen-bond donors (Lipinski definition) is 0. The molecule has 0 bridgehead atoms. The molecule has 0 spiro atoms. The number of carbonyl (C=O) groups excluding carboxylic acids is 1. The summed E-state index contributed by atoms with van der Waals surface area (Å²) in [5.74, 6) is -0.523. The Hall–Kier alpha value is -3.37. The Morgan fingerprint density at radius 3 is 2.36 bits per heavy atom. The Labute approximate surface area is 164 Å². The number of allylic oxidation sites excluding steroid dienone is 1. The van der Waals surface area contributed by atoms with Gasteiger partial charge in [-0.05, 0) is 25.1 Å². The molecule has 142 valence electrons. The van der Waals surface area contributed by atoms with Crippen LogP contribution in [0.3, 0.4) is 0 Å². The maximum atomic E-state index is 13.2. The van der Waals surface area contributed by atoms with Gasteiger partial charge in [0.05, 0.1) is 16.0 Å². The molecule has 2 aromatic carbocycles. The van der Waals surface area contributed by atoms with Crippen molar-refractivity contribution in [3.8, 4) is 6.07 Å². The van der Waals surface area contributed by atoms with Crippen molar-refractivity contribution in [1.29, 1.82) is 5.26 Å². The molecule has 0 atom stereocenters. The summed E-state index contributed by atoms with van der Waals surface area (Å²) in [7, 11) is -0.491. The molecular weight excluding hydrogens is 374 g/mol. The van der Waals surface area contributed by atoms with Gasteiger partial charge in [-0.15, -0.1) is 0 Å². The lowest BCUT2D eigenvalue weighted by atomic mass is 10.0. The first-order chi connectivity index (χ1) is 13.3. The van der Waals surface area contributed by atoms with E-state index >= 15 is 0 Å². The molecular formula is C21H19N3O3S. The quantitative estimate of drug-likeness (QED) is 0.377. The highest BCUT2D eigenvalue weighted by molar-refractivity contribution is 7.90. The van der Waals surface area contributed by atoms with E-state index in [1.807, 2.05) is 13.0 Å². The molecule has 0 aliphatic rings. The molecule has 0 N–H and O–H groups in total. The normalized spacial score (nSPS) is 12.0. The fraction of sp³-hybridized carbons (Fsp3) is 0.143. The van der Waals surface area contributed by atoms with Crippen LogP contribution in [0.2, 0.25) is 0 Å². The molecule has 0 radical (unpaired) electrons. The van der Waals surface area contributed by atoms with Crippen molar-refractivity contribution >= 4 is 26.7 Å². The van der Waals surface area contributed by atoms with E-state index in [2.05, 4.69) is 0 Å². The molecule has 0 fully saturated rings. The number of hydrogen-bond acceptors (Lipinski definition) is 5. The van der Waals surface area contributed by atoms with Gasteiger partial charge in [-0.1, -0.05) is 35.9 Å². The summed E-state index contributed by atoms with van der Waals surface area (Å²) in [6.45, 7) is 1.87. The molecule has 0 amide bonds. The third kappa shape index (κ3) is 3.42. The number of aromatic nitrogens is 1. The predicted molar refractivity (Wildman–Crippen MR) is 107 cm³/mol. The zero-order chi connectivity index (χ0) is 20.5. The zero-order valence-electron chi connectivity index (χ0n) is 15.7. The molecule has 0 aliphatic heterocycles. The number of para-hydroxylation sites is 1. The smallest absolute Gasteiger partial charge is 0.268 e. The van der Waals surface area contributed by atoms with E-state index in [-0.39, 0.29) is 16.0 Å². The minimum absolute atomic E-state index is 0.0689. The first-order valence-corrected chi connectivity index (χ1v) is 9.95. The van der Waals surface area contributed by atoms with Gasteiger partial charge in [0.15, 0.2) is 0 Å². The number of rotatable bonds is 5. The Morgan fingerprint density at radius 1 is 1.11 bits per heavy atom. The largest absolute Gasteiger partial charge is 0.382 e. The van der Waals surface area contributed by atoms with E-state index in [1.54, 1.807) is 55.4 Å². The summed E-state index contributed by atoms with van der Waals surface area (Å²) in [6.07, 6.45) is 2.71. The van der Waals surface area contributed by atoms with E-state index in [1.165, 1.54) is 24.5 Å². The fourth-order valence-electron chi connectivity index (χ4n) is 2.90. The second kappa shape index (κ2) is 7.33. The zero-order valence-corrected chi connectivity index (χ0v) is 16.6. The first-order valence-electron chi connectivity index (χ1n) is 8.51. The van der Waals surface area contributed by atoms with Gasteiger partial charge in [0.1, 0.15) is 11.6 Å². The monoisotopic (exact) mass is 393 g/mol. The lowest BCUT2D eigenvalue weighted by Crippen LogP contribution is -2.12. The molecule has 3 rings (SSSR count). The Balaban J connectivity index is 2.23. The van der Waals surface area contributed by atoms with Crippen LogP contribution < -0.4 is 0 Å². The molecule has 3 aromatic rings. The van der Waals surface area contributed by atoms with Gasteiger partial charge in [0.25, 0.3) is 10.0 Å². The van der Waals surface area contributed by atoms with Crippen LogP contribution in [-0.4, -0.2) is 37.2 Å². The molecule has 7 heteroatoms. The van der Waals surface area contributed by atoms with Crippen molar-refractivity contribution in [2.24, 2.45) is 0 Å². The molecule has 0 unspecified atom stereocenters. The van der Waals surface area contributed by atoms with Gasteiger partial charge in [-0.3, -0.25) is 4.79 Å². The standard InChI is InChI=1S/C21H19N3O3S/c1-15-8-10-17(11-9-15)28(26,27)24-14-19(18-6-4-5-7-20(18)24)21(25)16(12-22)13-23(2)3/h4-11,13-14H,1-3H3/b16-13-. The minimum atomic E-state index is -3.90. The maximum absolute atomic E-state index is 13.2. The Kier molecular flexibility index (Phi) is 5.08. The number of nitrogens with zero attached hydrogens (tertiary/aromatic N) is 3. The van der Waals surface area contributed by atoms with Gasteiger partial charge in [0.2, 0.25) is 5.78 Å². The van der Waals surface area contributed by atoms with Crippen LogP contribution in [0.5, 0.6) is 0 Å². The number of benzene rings is 2. The van der Waals surface area contributed by atoms with Crippen LogP contribution in [0.1, 0.15) is 15.9 Å². The molecule has 1 heterocycles.